The van der Waals surface area contributed by atoms with Crippen LogP contribution in [0, 0.1) is 10.1 Å². The van der Waals surface area contributed by atoms with Gasteiger partial charge in [0.1, 0.15) is 0 Å². The van der Waals surface area contributed by atoms with Gasteiger partial charge in [-0.3, -0.25) is 14.9 Å². The van der Waals surface area contributed by atoms with Crippen molar-refractivity contribution in [1.29, 1.82) is 0 Å². The molecule has 0 heterocycles. The molecule has 0 spiro atoms. The van der Waals surface area contributed by atoms with E-state index in [2.05, 4.69) is 22.2 Å². The van der Waals surface area contributed by atoms with Crippen molar-refractivity contribution in [2.75, 3.05) is 20.1 Å². The topological polar surface area (TPSA) is 99.9 Å². The summed E-state index contributed by atoms with van der Waals surface area (Å²) in [6.45, 7) is 10.4. The van der Waals surface area contributed by atoms with E-state index in [1.54, 1.807) is 30.2 Å². The van der Waals surface area contributed by atoms with Gasteiger partial charge in [0.15, 0.2) is 5.96 Å². The summed E-state index contributed by atoms with van der Waals surface area (Å²) in [6, 6.07) is 6.22. The van der Waals surface area contributed by atoms with Gasteiger partial charge in [0, 0.05) is 31.3 Å². The molecule has 8 nitrogen and oxygen atoms in total. The molecule has 0 atom stereocenters. The number of hydrogen-bond donors (Lipinski definition) is 2. The number of guanidine groups is 1. The van der Waals surface area contributed by atoms with Crippen molar-refractivity contribution in [2.45, 2.75) is 32.9 Å². The standard InChI is InChI=1S/C18H27N5O3/c1-6-11-19-17(22(5)13-16(24)21-18(2,3)4)20-12-14-7-9-15(10-8-14)23(25)26/h6-10H,1,11-13H2,2-5H3,(H,19,20)(H,21,24). The summed E-state index contributed by atoms with van der Waals surface area (Å²) in [5, 5.41) is 16.7. The maximum Gasteiger partial charge on any atom is 0.269 e. The van der Waals surface area contributed by atoms with Gasteiger partial charge in [0.2, 0.25) is 5.91 Å². The number of aliphatic imine (C=N–C) groups is 1. The maximum absolute atomic E-state index is 12.1. The first-order chi connectivity index (χ1) is 12.1. The lowest BCUT2D eigenvalue weighted by Gasteiger charge is -2.25. The van der Waals surface area contributed by atoms with Crippen LogP contribution in [-0.2, 0) is 11.3 Å². The van der Waals surface area contributed by atoms with Crippen LogP contribution in [0.5, 0.6) is 0 Å². The first-order valence-electron chi connectivity index (χ1n) is 8.27. The molecule has 1 aromatic carbocycles. The largest absolute Gasteiger partial charge is 0.353 e. The van der Waals surface area contributed by atoms with E-state index >= 15 is 0 Å². The van der Waals surface area contributed by atoms with E-state index in [4.69, 9.17) is 0 Å². The highest BCUT2D eigenvalue weighted by molar-refractivity contribution is 5.86. The molecule has 142 valence electrons. The average molecular weight is 361 g/mol. The zero-order valence-electron chi connectivity index (χ0n) is 15.8. The Morgan fingerprint density at radius 3 is 2.46 bits per heavy atom. The van der Waals surface area contributed by atoms with Crippen molar-refractivity contribution >= 4 is 17.6 Å². The van der Waals surface area contributed by atoms with Crippen LogP contribution >= 0.6 is 0 Å². The minimum atomic E-state index is -0.439. The number of amides is 1. The molecule has 0 unspecified atom stereocenters. The van der Waals surface area contributed by atoms with E-state index in [0.29, 0.717) is 19.0 Å². The van der Waals surface area contributed by atoms with Crippen LogP contribution in [0.1, 0.15) is 26.3 Å². The molecular weight excluding hydrogens is 334 g/mol. The Kier molecular flexibility index (Phi) is 7.77. The number of carbonyl (C=O) groups excluding carboxylic acids is 1. The summed E-state index contributed by atoms with van der Waals surface area (Å²) in [5.41, 5.74) is 0.572. The number of nitrogens with one attached hydrogen (secondary N) is 2. The Hall–Kier alpha value is -2.90. The molecule has 0 aliphatic heterocycles. The molecule has 0 aromatic heterocycles. The molecule has 0 aliphatic rings. The lowest BCUT2D eigenvalue weighted by molar-refractivity contribution is -0.384. The van der Waals surface area contributed by atoms with E-state index in [0.717, 1.165) is 5.56 Å². The van der Waals surface area contributed by atoms with E-state index < -0.39 is 4.92 Å². The van der Waals surface area contributed by atoms with E-state index in [1.807, 2.05) is 20.8 Å². The van der Waals surface area contributed by atoms with Gasteiger partial charge < -0.3 is 15.5 Å². The van der Waals surface area contributed by atoms with Gasteiger partial charge in [-0.2, -0.15) is 0 Å². The molecule has 0 bridgehead atoms. The van der Waals surface area contributed by atoms with Gasteiger partial charge in [-0.15, -0.1) is 6.58 Å². The highest BCUT2D eigenvalue weighted by Crippen LogP contribution is 2.12. The second kappa shape index (κ2) is 9.55. The Labute approximate surface area is 154 Å². The predicted octanol–water partition coefficient (Wildman–Crippen LogP) is 2.07. The van der Waals surface area contributed by atoms with Gasteiger partial charge in [-0.25, -0.2) is 4.99 Å². The minimum absolute atomic E-state index is 0.0405. The third-order valence-electron chi connectivity index (χ3n) is 3.22. The van der Waals surface area contributed by atoms with Crippen LogP contribution < -0.4 is 10.6 Å². The molecule has 0 radical (unpaired) electrons. The van der Waals surface area contributed by atoms with Gasteiger partial charge >= 0.3 is 0 Å². The monoisotopic (exact) mass is 361 g/mol. The fraction of sp³-hybridized carbons (Fsp3) is 0.444. The molecule has 0 fully saturated rings. The number of likely N-dealkylation sites (N-methyl/N-ethyl adjacent to an activating group) is 1. The fourth-order valence-corrected chi connectivity index (χ4v) is 2.11. The van der Waals surface area contributed by atoms with Gasteiger partial charge in [-0.05, 0) is 26.3 Å². The Bertz CT molecular complexity index is 662. The summed E-state index contributed by atoms with van der Waals surface area (Å²) in [4.78, 5) is 28.6. The van der Waals surface area contributed by atoms with Crippen LogP contribution in [0.15, 0.2) is 41.9 Å². The SMILES string of the molecule is C=CCNC(=NCc1ccc([N+](=O)[O-])cc1)N(C)CC(=O)NC(C)(C)C. The summed E-state index contributed by atoms with van der Waals surface area (Å²) in [6.07, 6.45) is 1.70. The van der Waals surface area contributed by atoms with Crippen LogP contribution in [0.3, 0.4) is 0 Å². The molecule has 1 rings (SSSR count). The van der Waals surface area contributed by atoms with E-state index in [9.17, 15) is 14.9 Å². The first kappa shape index (κ1) is 21.1. The smallest absolute Gasteiger partial charge is 0.269 e. The minimum Gasteiger partial charge on any atom is -0.353 e. The van der Waals surface area contributed by atoms with Crippen molar-refractivity contribution in [3.63, 3.8) is 0 Å². The van der Waals surface area contributed by atoms with Crippen LogP contribution in [0.4, 0.5) is 5.69 Å². The first-order valence-corrected chi connectivity index (χ1v) is 8.27. The normalized spacial score (nSPS) is 11.6. The summed E-state index contributed by atoms with van der Waals surface area (Å²) < 4.78 is 0. The van der Waals surface area contributed by atoms with E-state index in [-0.39, 0.29) is 23.7 Å². The molecule has 2 N–H and O–H groups in total. The van der Waals surface area contributed by atoms with Crippen molar-refractivity contribution in [3.8, 4) is 0 Å². The molecule has 0 saturated heterocycles. The average Bonchev–Trinajstić information content (AvgIpc) is 2.53. The number of non-ortho nitro benzene ring substituents is 1. The van der Waals surface area contributed by atoms with Crippen molar-refractivity contribution in [3.05, 3.63) is 52.6 Å². The Balaban J connectivity index is 2.80. The molecule has 1 aromatic rings. The summed E-state index contributed by atoms with van der Waals surface area (Å²) >= 11 is 0. The number of nitro benzene ring substituents is 1. The molecule has 0 aliphatic carbocycles. The maximum atomic E-state index is 12.1. The van der Waals surface area contributed by atoms with Crippen molar-refractivity contribution in [1.82, 2.24) is 15.5 Å². The zero-order valence-corrected chi connectivity index (χ0v) is 15.8. The fourth-order valence-electron chi connectivity index (χ4n) is 2.11. The number of rotatable bonds is 7. The molecule has 8 heteroatoms. The molecule has 1 amide bonds. The number of nitrogens with zero attached hydrogens (tertiary/aromatic N) is 3. The highest BCUT2D eigenvalue weighted by atomic mass is 16.6. The number of benzene rings is 1. The third-order valence-corrected chi connectivity index (χ3v) is 3.22. The third kappa shape index (κ3) is 7.78. The highest BCUT2D eigenvalue weighted by Gasteiger charge is 2.16. The van der Waals surface area contributed by atoms with Crippen LogP contribution in [-0.4, -0.2) is 47.4 Å². The zero-order chi connectivity index (χ0) is 19.7. The summed E-state index contributed by atoms with van der Waals surface area (Å²) in [5.74, 6) is 0.441. The lowest BCUT2D eigenvalue weighted by atomic mass is 10.1. The summed E-state index contributed by atoms with van der Waals surface area (Å²) in [7, 11) is 1.77. The number of hydrogen-bond acceptors (Lipinski definition) is 4. The molecule has 26 heavy (non-hydrogen) atoms. The lowest BCUT2D eigenvalue weighted by Crippen LogP contribution is -2.48. The number of carbonyl (C=O) groups is 1. The Morgan fingerprint density at radius 1 is 1.35 bits per heavy atom. The van der Waals surface area contributed by atoms with Crippen LogP contribution in [0.25, 0.3) is 0 Å². The van der Waals surface area contributed by atoms with Crippen molar-refractivity contribution < 1.29 is 9.72 Å². The molecular formula is C18H27N5O3. The van der Waals surface area contributed by atoms with Gasteiger partial charge in [-0.1, -0.05) is 18.2 Å². The quantitative estimate of drug-likeness (QED) is 0.255. The van der Waals surface area contributed by atoms with Gasteiger partial charge in [0.05, 0.1) is 18.0 Å². The van der Waals surface area contributed by atoms with E-state index in [1.165, 1.54) is 12.1 Å². The second-order valence-electron chi connectivity index (χ2n) is 6.89. The Morgan fingerprint density at radius 2 is 1.96 bits per heavy atom. The predicted molar refractivity (Wildman–Crippen MR) is 103 cm³/mol. The van der Waals surface area contributed by atoms with Crippen molar-refractivity contribution in [2.24, 2.45) is 4.99 Å². The molecule has 0 saturated carbocycles. The van der Waals surface area contributed by atoms with Crippen LogP contribution in [0.2, 0.25) is 0 Å². The second-order valence-corrected chi connectivity index (χ2v) is 6.89. The van der Waals surface area contributed by atoms with Gasteiger partial charge in [0.25, 0.3) is 5.69 Å². The number of nitro groups is 1.